The molecule has 3 aliphatic rings. The quantitative estimate of drug-likeness (QED) is 0.259. The van der Waals surface area contributed by atoms with E-state index in [0.29, 0.717) is 22.2 Å². The van der Waals surface area contributed by atoms with Gasteiger partial charge in [-0.2, -0.15) is 23.5 Å². The molecule has 9 nitrogen and oxygen atoms in total. The van der Waals surface area contributed by atoms with Crippen molar-refractivity contribution in [3.05, 3.63) is 71.8 Å². The van der Waals surface area contributed by atoms with Gasteiger partial charge in [-0.05, 0) is 66.9 Å². The van der Waals surface area contributed by atoms with Gasteiger partial charge in [0.15, 0.2) is 17.3 Å². The molecule has 0 saturated heterocycles. The summed E-state index contributed by atoms with van der Waals surface area (Å²) in [6.07, 6.45) is 9.06. The summed E-state index contributed by atoms with van der Waals surface area (Å²) in [4.78, 5) is 17.2. The van der Waals surface area contributed by atoms with E-state index in [1.165, 1.54) is 48.5 Å². The van der Waals surface area contributed by atoms with Crippen LogP contribution in [0.15, 0.2) is 75.7 Å². The maximum absolute atomic E-state index is 13.0. The van der Waals surface area contributed by atoms with Crippen LogP contribution in [0.5, 0.6) is 11.5 Å². The number of amidine groups is 2. The molecular formula is C28H28N4O5S2. The van der Waals surface area contributed by atoms with Crippen molar-refractivity contribution >= 4 is 49.9 Å². The molecule has 0 bridgehead atoms. The first-order chi connectivity index (χ1) is 18.8. The van der Waals surface area contributed by atoms with Crippen LogP contribution in [-0.4, -0.2) is 42.5 Å². The van der Waals surface area contributed by atoms with Crippen LogP contribution >= 0.6 is 11.8 Å². The fourth-order valence-corrected chi connectivity index (χ4v) is 6.81. The van der Waals surface area contributed by atoms with E-state index in [-0.39, 0.29) is 34.2 Å². The monoisotopic (exact) mass is 564 g/mol. The highest BCUT2D eigenvalue weighted by Gasteiger charge is 2.38. The number of nitrogens with zero attached hydrogens (tertiary/aromatic N) is 3. The Kier molecular flexibility index (Phi) is 7.72. The van der Waals surface area contributed by atoms with E-state index in [2.05, 4.69) is 16.7 Å². The number of benzene rings is 2. The molecule has 2 heterocycles. The van der Waals surface area contributed by atoms with Crippen LogP contribution in [0.25, 0.3) is 6.08 Å². The maximum atomic E-state index is 13.0. The van der Waals surface area contributed by atoms with Crippen molar-refractivity contribution in [1.82, 2.24) is 5.01 Å². The number of nitrogens with one attached hydrogen (secondary N) is 1. The topological polar surface area (TPSA) is 121 Å². The molecule has 1 saturated carbocycles. The number of hydrogen-bond acceptors (Lipinski definition) is 8. The van der Waals surface area contributed by atoms with Gasteiger partial charge >= 0.3 is 10.1 Å². The summed E-state index contributed by atoms with van der Waals surface area (Å²) >= 11 is 1.37. The minimum Gasteiger partial charge on any atom is -0.493 e. The summed E-state index contributed by atoms with van der Waals surface area (Å²) in [5.41, 5.74) is 1.08. The van der Waals surface area contributed by atoms with Gasteiger partial charge < -0.3 is 8.92 Å². The van der Waals surface area contributed by atoms with Gasteiger partial charge in [-0.1, -0.05) is 43.5 Å². The van der Waals surface area contributed by atoms with E-state index in [4.69, 9.17) is 14.3 Å². The van der Waals surface area contributed by atoms with Crippen molar-refractivity contribution in [2.45, 2.75) is 43.4 Å². The van der Waals surface area contributed by atoms with Crippen molar-refractivity contribution in [2.75, 3.05) is 7.11 Å². The number of ether oxygens (including phenoxy) is 1. The van der Waals surface area contributed by atoms with E-state index in [0.717, 1.165) is 30.7 Å². The third-order valence-corrected chi connectivity index (χ3v) is 9.01. The zero-order valence-corrected chi connectivity index (χ0v) is 23.1. The highest BCUT2D eigenvalue weighted by Crippen LogP contribution is 2.38. The number of thioether (sulfide) groups is 1. The number of allylic oxidation sites excluding steroid dienone is 1. The number of methoxy groups -OCH3 is 1. The average Bonchev–Trinajstić information content (AvgIpc) is 3.37. The molecule has 2 aliphatic heterocycles. The Morgan fingerprint density at radius 1 is 1.18 bits per heavy atom. The van der Waals surface area contributed by atoms with E-state index < -0.39 is 16.0 Å². The van der Waals surface area contributed by atoms with Crippen LogP contribution in [0.3, 0.4) is 0 Å². The number of amides is 1. The molecule has 202 valence electrons. The van der Waals surface area contributed by atoms with Gasteiger partial charge in [-0.3, -0.25) is 10.2 Å². The zero-order valence-electron chi connectivity index (χ0n) is 21.4. The van der Waals surface area contributed by atoms with Crippen LogP contribution in [0.1, 0.15) is 43.2 Å². The van der Waals surface area contributed by atoms with Crippen LogP contribution in [0.2, 0.25) is 0 Å². The van der Waals surface area contributed by atoms with Gasteiger partial charge in [-0.15, -0.1) is 6.58 Å². The number of fused-ring (bicyclic) bond motifs is 1. The molecule has 5 rings (SSSR count). The Balaban J connectivity index is 1.48. The van der Waals surface area contributed by atoms with Gasteiger partial charge in [0.05, 0.1) is 12.7 Å². The van der Waals surface area contributed by atoms with Crippen LogP contribution < -0.4 is 8.92 Å². The SMILES string of the molecule is C=CCc1cc(/C=C2/C(=N)N3N=C(C4CCCCC4)SC3=NC2=O)cc(OC)c1OS(=O)(=O)c1ccccc1. The molecule has 2 aromatic carbocycles. The fourth-order valence-electron chi connectivity index (χ4n) is 4.75. The van der Waals surface area contributed by atoms with Gasteiger partial charge in [0.2, 0.25) is 5.17 Å². The third-order valence-electron chi connectivity index (χ3n) is 6.70. The number of aliphatic imine (C=N–C) groups is 1. The lowest BCUT2D eigenvalue weighted by Crippen LogP contribution is -2.35. The molecule has 1 aliphatic carbocycles. The summed E-state index contributed by atoms with van der Waals surface area (Å²) in [7, 11) is -2.73. The predicted molar refractivity (Wildman–Crippen MR) is 153 cm³/mol. The molecule has 1 N–H and O–H groups in total. The molecule has 0 aromatic heterocycles. The Bertz CT molecular complexity index is 1520. The lowest BCUT2D eigenvalue weighted by Gasteiger charge is -2.20. The number of carbonyl (C=O) groups is 1. The Morgan fingerprint density at radius 2 is 1.92 bits per heavy atom. The van der Waals surface area contributed by atoms with E-state index >= 15 is 0 Å². The van der Waals surface area contributed by atoms with E-state index in [1.54, 1.807) is 36.4 Å². The molecule has 2 aromatic rings. The van der Waals surface area contributed by atoms with Gasteiger partial charge in [0.25, 0.3) is 5.91 Å². The molecular weight excluding hydrogens is 536 g/mol. The standard InChI is InChI=1S/C28H28N4O5S2/c1-3-10-20-15-18(17-23(36-2)24(20)37-39(34,35)21-13-8-5-9-14-21)16-22-25(29)32-28(30-26(22)33)38-27(31-32)19-11-6-4-7-12-19/h3,5,8-9,13-17,19,29H,1,4,6-7,10-12H2,2H3/b22-16-,29-25?. The summed E-state index contributed by atoms with van der Waals surface area (Å²) in [6, 6.07) is 11.1. The predicted octanol–water partition coefficient (Wildman–Crippen LogP) is 5.39. The number of hydrogen-bond donors (Lipinski definition) is 1. The molecule has 0 atom stereocenters. The number of carbonyl (C=O) groups excluding carboxylic acids is 1. The van der Waals surface area contributed by atoms with E-state index in [1.807, 2.05) is 0 Å². The normalized spacial score (nSPS) is 19.0. The van der Waals surface area contributed by atoms with Crippen molar-refractivity contribution in [1.29, 1.82) is 5.41 Å². The minimum absolute atomic E-state index is 0.00866. The molecule has 1 amide bonds. The summed E-state index contributed by atoms with van der Waals surface area (Å²) in [6.45, 7) is 3.77. The van der Waals surface area contributed by atoms with Crippen molar-refractivity contribution in [3.8, 4) is 11.5 Å². The average molecular weight is 565 g/mol. The molecule has 0 unspecified atom stereocenters. The summed E-state index contributed by atoms with van der Waals surface area (Å²) in [5.74, 6) is -0.0622. The number of rotatable bonds is 8. The Hall–Kier alpha value is -3.70. The molecule has 39 heavy (non-hydrogen) atoms. The molecule has 1 fully saturated rings. The lowest BCUT2D eigenvalue weighted by molar-refractivity contribution is -0.114. The van der Waals surface area contributed by atoms with Crippen molar-refractivity contribution in [2.24, 2.45) is 16.0 Å². The van der Waals surface area contributed by atoms with Gasteiger partial charge in [0, 0.05) is 11.5 Å². The summed E-state index contributed by atoms with van der Waals surface area (Å²) in [5, 5.41) is 16.1. The first kappa shape index (κ1) is 26.9. The maximum Gasteiger partial charge on any atom is 0.339 e. The minimum atomic E-state index is -4.13. The fraction of sp³-hybridized carbons (Fsp3) is 0.286. The summed E-state index contributed by atoms with van der Waals surface area (Å²) < 4.78 is 36.9. The smallest absolute Gasteiger partial charge is 0.339 e. The van der Waals surface area contributed by atoms with Crippen LogP contribution in [0, 0.1) is 11.3 Å². The Labute approximate surface area is 231 Å². The molecule has 0 radical (unpaired) electrons. The first-order valence-electron chi connectivity index (χ1n) is 12.6. The number of hydrazone groups is 1. The zero-order chi connectivity index (χ0) is 27.6. The second kappa shape index (κ2) is 11.2. The van der Waals surface area contributed by atoms with Crippen LogP contribution in [-0.2, 0) is 21.3 Å². The first-order valence-corrected chi connectivity index (χ1v) is 14.8. The molecule has 0 spiro atoms. The lowest BCUT2D eigenvalue weighted by atomic mass is 9.90. The van der Waals surface area contributed by atoms with Crippen molar-refractivity contribution in [3.63, 3.8) is 0 Å². The van der Waals surface area contributed by atoms with Crippen LogP contribution in [0.4, 0.5) is 0 Å². The highest BCUT2D eigenvalue weighted by molar-refractivity contribution is 8.27. The Morgan fingerprint density at radius 3 is 2.62 bits per heavy atom. The molecule has 11 heteroatoms. The second-order valence-electron chi connectivity index (χ2n) is 9.35. The second-order valence-corrected chi connectivity index (χ2v) is 11.9. The largest absolute Gasteiger partial charge is 0.493 e. The van der Waals surface area contributed by atoms with Gasteiger partial charge in [0.1, 0.15) is 9.94 Å². The van der Waals surface area contributed by atoms with Gasteiger partial charge in [-0.25, -0.2) is 0 Å². The third kappa shape index (κ3) is 5.55. The van der Waals surface area contributed by atoms with E-state index in [9.17, 15) is 13.2 Å². The highest BCUT2D eigenvalue weighted by atomic mass is 32.2. The van der Waals surface area contributed by atoms with Crippen molar-refractivity contribution < 1.29 is 22.1 Å².